The summed E-state index contributed by atoms with van der Waals surface area (Å²) in [5.74, 6) is 0.0863. The van der Waals surface area contributed by atoms with Crippen LogP contribution in [0.5, 0.6) is 0 Å². The van der Waals surface area contributed by atoms with Gasteiger partial charge in [0.15, 0.2) is 5.78 Å². The van der Waals surface area contributed by atoms with Crippen molar-refractivity contribution in [1.29, 1.82) is 0 Å². The number of ketones is 1. The van der Waals surface area contributed by atoms with Crippen LogP contribution in [0.4, 0.5) is 0 Å². The van der Waals surface area contributed by atoms with Crippen molar-refractivity contribution < 1.29 is 9.59 Å². The van der Waals surface area contributed by atoms with E-state index >= 15 is 0 Å². The summed E-state index contributed by atoms with van der Waals surface area (Å²) in [5, 5.41) is 1.27. The molecule has 1 amide bonds. The van der Waals surface area contributed by atoms with Crippen molar-refractivity contribution in [3.63, 3.8) is 0 Å². The first-order valence-corrected chi connectivity index (χ1v) is 12.4. The number of nitrogens with zero attached hydrogens (tertiary/aromatic N) is 1. The predicted octanol–water partition coefficient (Wildman–Crippen LogP) is 6.92. The minimum Gasteiger partial charge on any atom is -0.334 e. The molecule has 1 aromatic heterocycles. The van der Waals surface area contributed by atoms with Crippen LogP contribution >= 0.6 is 11.3 Å². The van der Waals surface area contributed by atoms with Gasteiger partial charge in [-0.1, -0.05) is 43.3 Å². The second-order valence-electron chi connectivity index (χ2n) is 8.74. The van der Waals surface area contributed by atoms with Gasteiger partial charge in [0.05, 0.1) is 0 Å². The summed E-state index contributed by atoms with van der Waals surface area (Å²) < 4.78 is 1.29. The molecule has 166 valence electrons. The van der Waals surface area contributed by atoms with Crippen molar-refractivity contribution in [3.05, 3.63) is 94.5 Å². The molecule has 4 aromatic rings. The molecule has 2 heterocycles. The van der Waals surface area contributed by atoms with Crippen molar-refractivity contribution in [3.8, 4) is 10.4 Å². The monoisotopic (exact) mass is 453 g/mol. The van der Waals surface area contributed by atoms with Crippen LogP contribution in [-0.2, 0) is 19.4 Å². The molecule has 0 saturated carbocycles. The fraction of sp³-hybridized carbons (Fsp3) is 0.241. The Morgan fingerprint density at radius 3 is 2.61 bits per heavy atom. The van der Waals surface area contributed by atoms with Crippen LogP contribution in [0.25, 0.3) is 20.5 Å². The minimum absolute atomic E-state index is 0.0289. The van der Waals surface area contributed by atoms with Gasteiger partial charge in [0.1, 0.15) is 0 Å². The van der Waals surface area contributed by atoms with E-state index in [0.717, 1.165) is 31.4 Å². The molecule has 0 aliphatic carbocycles. The maximum atomic E-state index is 13.5. The van der Waals surface area contributed by atoms with Crippen molar-refractivity contribution in [2.24, 2.45) is 0 Å². The number of hydrogen-bond donors (Lipinski definition) is 0. The van der Waals surface area contributed by atoms with Crippen molar-refractivity contribution >= 4 is 33.1 Å². The molecular weight excluding hydrogens is 426 g/mol. The zero-order valence-electron chi connectivity index (χ0n) is 19.1. The van der Waals surface area contributed by atoms with Crippen molar-refractivity contribution in [2.45, 2.75) is 39.7 Å². The Labute approximate surface area is 198 Å². The Morgan fingerprint density at radius 2 is 1.82 bits per heavy atom. The van der Waals surface area contributed by atoms with E-state index in [0.29, 0.717) is 17.7 Å². The molecular formula is C29H27NO2S. The fourth-order valence-corrected chi connectivity index (χ4v) is 5.76. The third kappa shape index (κ3) is 4.23. The highest BCUT2D eigenvalue weighted by Gasteiger charge is 2.23. The second kappa shape index (κ2) is 8.95. The first-order valence-electron chi connectivity index (χ1n) is 11.6. The Bertz CT molecular complexity index is 1330. The van der Waals surface area contributed by atoms with Gasteiger partial charge in [-0.15, -0.1) is 11.3 Å². The normalized spacial score (nSPS) is 13.6. The number of benzene rings is 3. The summed E-state index contributed by atoms with van der Waals surface area (Å²) in [6.45, 7) is 4.95. The maximum Gasteiger partial charge on any atom is 0.254 e. The van der Waals surface area contributed by atoms with E-state index in [1.54, 1.807) is 13.0 Å². The molecule has 3 aromatic carbocycles. The largest absolute Gasteiger partial charge is 0.334 e. The van der Waals surface area contributed by atoms with Gasteiger partial charge in [-0.25, -0.2) is 0 Å². The zero-order valence-corrected chi connectivity index (χ0v) is 19.9. The molecule has 3 nitrogen and oxygen atoms in total. The maximum absolute atomic E-state index is 13.5. The van der Waals surface area contributed by atoms with Crippen LogP contribution < -0.4 is 0 Å². The SMILES string of the molecule is CCc1cc(C(C)=O)ccc1C(=O)N1CCCc2ccc(-c3cc4ccccc4s3)cc2C1. The third-order valence-electron chi connectivity index (χ3n) is 6.56. The molecule has 33 heavy (non-hydrogen) atoms. The highest BCUT2D eigenvalue weighted by molar-refractivity contribution is 7.22. The molecule has 0 unspecified atom stereocenters. The van der Waals surface area contributed by atoms with Gasteiger partial charge >= 0.3 is 0 Å². The first kappa shape index (κ1) is 21.6. The Balaban J connectivity index is 1.46. The van der Waals surface area contributed by atoms with Gasteiger partial charge < -0.3 is 4.90 Å². The summed E-state index contributed by atoms with van der Waals surface area (Å²) in [4.78, 5) is 28.6. The van der Waals surface area contributed by atoms with Gasteiger partial charge in [-0.05, 0) is 84.2 Å². The van der Waals surface area contributed by atoms with E-state index in [1.165, 1.54) is 31.7 Å². The lowest BCUT2D eigenvalue weighted by atomic mass is 9.98. The predicted molar refractivity (Wildman–Crippen MR) is 136 cm³/mol. The van der Waals surface area contributed by atoms with Crippen LogP contribution in [0, 0.1) is 0 Å². The summed E-state index contributed by atoms with van der Waals surface area (Å²) in [7, 11) is 0. The first-order chi connectivity index (χ1) is 16.0. The van der Waals surface area contributed by atoms with Gasteiger partial charge in [0.25, 0.3) is 5.91 Å². The summed E-state index contributed by atoms with van der Waals surface area (Å²) in [6, 6.07) is 22.9. The molecule has 1 aliphatic heterocycles. The Morgan fingerprint density at radius 1 is 0.970 bits per heavy atom. The molecule has 0 radical (unpaired) electrons. The fourth-order valence-electron chi connectivity index (χ4n) is 4.70. The average molecular weight is 454 g/mol. The van der Waals surface area contributed by atoms with Crippen LogP contribution in [-0.4, -0.2) is 23.1 Å². The Hall–Kier alpha value is -3.24. The molecule has 5 rings (SSSR count). The highest BCUT2D eigenvalue weighted by atomic mass is 32.1. The molecule has 0 N–H and O–H groups in total. The van der Waals surface area contributed by atoms with Crippen molar-refractivity contribution in [2.75, 3.05) is 6.54 Å². The van der Waals surface area contributed by atoms with Crippen LogP contribution in [0.3, 0.4) is 0 Å². The van der Waals surface area contributed by atoms with Gasteiger partial charge in [-0.3, -0.25) is 9.59 Å². The number of fused-ring (bicyclic) bond motifs is 2. The Kier molecular flexibility index (Phi) is 5.86. The third-order valence-corrected chi connectivity index (χ3v) is 7.73. The number of carbonyl (C=O) groups is 2. The topological polar surface area (TPSA) is 37.4 Å². The summed E-state index contributed by atoms with van der Waals surface area (Å²) in [6.07, 6.45) is 2.66. The van der Waals surface area contributed by atoms with E-state index < -0.39 is 0 Å². The quantitative estimate of drug-likeness (QED) is 0.314. The molecule has 0 fully saturated rings. The second-order valence-corrected chi connectivity index (χ2v) is 9.83. The number of carbonyl (C=O) groups excluding carboxylic acids is 2. The highest BCUT2D eigenvalue weighted by Crippen LogP contribution is 2.35. The lowest BCUT2D eigenvalue weighted by molar-refractivity contribution is 0.0744. The van der Waals surface area contributed by atoms with E-state index in [1.807, 2.05) is 35.3 Å². The standard InChI is InChI=1S/C29H27NO2S/c1-3-20-15-22(19(2)31)12-13-26(20)29(32)30-14-6-8-21-10-11-24(16-25(21)18-30)28-17-23-7-4-5-9-27(23)33-28/h4-5,7,9-13,15-17H,3,6,8,14,18H2,1-2H3. The van der Waals surface area contributed by atoms with Crippen LogP contribution in [0.15, 0.2) is 66.7 Å². The molecule has 4 heteroatoms. The summed E-state index contributed by atoms with van der Waals surface area (Å²) in [5.41, 5.74) is 6.09. The smallest absolute Gasteiger partial charge is 0.254 e. The van der Waals surface area contributed by atoms with E-state index in [-0.39, 0.29) is 11.7 Å². The number of amides is 1. The van der Waals surface area contributed by atoms with Gasteiger partial charge in [0, 0.05) is 33.8 Å². The molecule has 0 saturated heterocycles. The average Bonchev–Trinajstić information content (AvgIpc) is 3.16. The lowest BCUT2D eigenvalue weighted by Crippen LogP contribution is -2.31. The van der Waals surface area contributed by atoms with Crippen molar-refractivity contribution in [1.82, 2.24) is 4.90 Å². The molecule has 0 bridgehead atoms. The number of Topliss-reactive ketones (excluding diaryl/α,β-unsaturated/α-hetero) is 1. The molecule has 1 aliphatic rings. The molecule has 0 atom stereocenters. The summed E-state index contributed by atoms with van der Waals surface area (Å²) >= 11 is 1.81. The van der Waals surface area contributed by atoms with Gasteiger partial charge in [-0.2, -0.15) is 0 Å². The van der Waals surface area contributed by atoms with E-state index in [4.69, 9.17) is 0 Å². The molecule has 0 spiro atoms. The number of thiophene rings is 1. The van der Waals surface area contributed by atoms with Crippen LogP contribution in [0.1, 0.15) is 57.7 Å². The number of aryl methyl sites for hydroxylation is 2. The minimum atomic E-state index is 0.0289. The number of hydrogen-bond acceptors (Lipinski definition) is 3. The zero-order chi connectivity index (χ0) is 22.9. The van der Waals surface area contributed by atoms with E-state index in [9.17, 15) is 9.59 Å². The lowest BCUT2D eigenvalue weighted by Gasteiger charge is -2.23. The van der Waals surface area contributed by atoms with E-state index in [2.05, 4.69) is 48.5 Å². The number of rotatable bonds is 4. The van der Waals surface area contributed by atoms with Crippen LogP contribution in [0.2, 0.25) is 0 Å². The van der Waals surface area contributed by atoms with Gasteiger partial charge in [0.2, 0.25) is 0 Å².